The van der Waals surface area contributed by atoms with Crippen LogP contribution in [0.5, 0.6) is 0 Å². The fourth-order valence-corrected chi connectivity index (χ4v) is 3.98. The molecule has 0 unspecified atom stereocenters. The van der Waals surface area contributed by atoms with Crippen LogP contribution in [-0.2, 0) is 14.8 Å². The van der Waals surface area contributed by atoms with Crippen molar-refractivity contribution in [2.24, 2.45) is 11.1 Å². The summed E-state index contributed by atoms with van der Waals surface area (Å²) in [5.41, 5.74) is 3.79. The molecule has 0 aromatic heterocycles. The first-order valence-corrected chi connectivity index (χ1v) is 11.1. The van der Waals surface area contributed by atoms with Crippen molar-refractivity contribution < 1.29 is 13.2 Å². The molecular weight excluding hydrogens is 396 g/mol. The lowest BCUT2D eigenvalue weighted by molar-refractivity contribution is -0.111. The maximum absolute atomic E-state index is 12.6. The topological polar surface area (TPSA) is 89.3 Å². The Morgan fingerprint density at radius 3 is 2.10 bits per heavy atom. The van der Waals surface area contributed by atoms with E-state index in [0.717, 1.165) is 11.1 Å². The van der Waals surface area contributed by atoms with Crippen LogP contribution in [-0.4, -0.2) is 14.3 Å². The molecule has 30 heavy (non-hydrogen) atoms. The number of sulfonamides is 1. The Labute approximate surface area is 177 Å². The van der Waals surface area contributed by atoms with Gasteiger partial charge in [0.2, 0.25) is 15.9 Å². The van der Waals surface area contributed by atoms with Gasteiger partial charge in [-0.1, -0.05) is 74.5 Å². The molecule has 154 valence electrons. The van der Waals surface area contributed by atoms with E-state index in [4.69, 9.17) is 5.14 Å². The summed E-state index contributed by atoms with van der Waals surface area (Å²) >= 11 is 0. The van der Waals surface area contributed by atoms with Gasteiger partial charge >= 0.3 is 0 Å². The first-order chi connectivity index (χ1) is 14.3. The van der Waals surface area contributed by atoms with Crippen LogP contribution >= 0.6 is 0 Å². The lowest BCUT2D eigenvalue weighted by atomic mass is 9.95. The predicted molar refractivity (Wildman–Crippen MR) is 121 cm³/mol. The standard InChI is InChI=1S/C24H24N2O3S/c1-17(2)22(18-8-4-3-5-9-18)16-24(27)26-20-14-12-19(13-15-20)21-10-6-7-11-23(21)30(25,28)29/h3-17H,1-2H3,(H,26,27)(H2,25,28,29)/b22-16-. The fraction of sp³-hybridized carbons (Fsp3) is 0.125. The Kier molecular flexibility index (Phi) is 6.50. The van der Waals surface area contributed by atoms with Gasteiger partial charge in [0, 0.05) is 17.3 Å². The highest BCUT2D eigenvalue weighted by atomic mass is 32.2. The van der Waals surface area contributed by atoms with Crippen LogP contribution in [0.4, 0.5) is 5.69 Å². The quantitative estimate of drug-likeness (QED) is 0.568. The Bertz CT molecular complexity index is 1170. The van der Waals surface area contributed by atoms with Crippen molar-refractivity contribution in [1.82, 2.24) is 0 Å². The number of anilines is 1. The number of carbonyl (C=O) groups excluding carboxylic acids is 1. The number of nitrogens with one attached hydrogen (secondary N) is 1. The maximum atomic E-state index is 12.6. The van der Waals surface area contributed by atoms with Crippen molar-refractivity contribution in [2.75, 3.05) is 5.32 Å². The molecule has 0 heterocycles. The largest absolute Gasteiger partial charge is 0.323 e. The van der Waals surface area contributed by atoms with Gasteiger partial charge in [0.15, 0.2) is 0 Å². The number of allylic oxidation sites excluding steroid dienone is 1. The molecule has 0 spiro atoms. The molecule has 5 nitrogen and oxygen atoms in total. The van der Waals surface area contributed by atoms with E-state index in [0.29, 0.717) is 16.8 Å². The van der Waals surface area contributed by atoms with Gasteiger partial charge in [-0.25, -0.2) is 13.6 Å². The Morgan fingerprint density at radius 1 is 0.900 bits per heavy atom. The van der Waals surface area contributed by atoms with E-state index >= 15 is 0 Å². The molecule has 0 aliphatic heterocycles. The van der Waals surface area contributed by atoms with Crippen molar-refractivity contribution in [3.63, 3.8) is 0 Å². The van der Waals surface area contributed by atoms with Crippen molar-refractivity contribution in [1.29, 1.82) is 0 Å². The van der Waals surface area contributed by atoms with E-state index < -0.39 is 10.0 Å². The van der Waals surface area contributed by atoms with Crippen LogP contribution < -0.4 is 10.5 Å². The molecule has 0 radical (unpaired) electrons. The molecule has 3 rings (SSSR count). The second-order valence-corrected chi connectivity index (χ2v) is 8.76. The van der Waals surface area contributed by atoms with E-state index in [9.17, 15) is 13.2 Å². The number of primary sulfonamides is 1. The summed E-state index contributed by atoms with van der Waals surface area (Å²) in [6.45, 7) is 4.09. The maximum Gasteiger partial charge on any atom is 0.248 e. The highest BCUT2D eigenvalue weighted by molar-refractivity contribution is 7.89. The minimum absolute atomic E-state index is 0.0640. The van der Waals surface area contributed by atoms with Gasteiger partial charge in [0.25, 0.3) is 0 Å². The van der Waals surface area contributed by atoms with Gasteiger partial charge in [-0.15, -0.1) is 0 Å². The molecule has 0 bridgehead atoms. The van der Waals surface area contributed by atoms with Crippen LogP contribution in [0.25, 0.3) is 16.7 Å². The average Bonchev–Trinajstić information content (AvgIpc) is 2.72. The molecular formula is C24H24N2O3S. The van der Waals surface area contributed by atoms with E-state index in [1.807, 2.05) is 44.2 Å². The van der Waals surface area contributed by atoms with E-state index in [1.165, 1.54) is 6.07 Å². The Balaban J connectivity index is 1.82. The molecule has 3 aromatic carbocycles. The third-order valence-electron chi connectivity index (χ3n) is 4.67. The minimum Gasteiger partial charge on any atom is -0.323 e. The zero-order valence-corrected chi connectivity index (χ0v) is 17.7. The monoisotopic (exact) mass is 420 g/mol. The Hall–Kier alpha value is -3.22. The molecule has 0 aliphatic rings. The minimum atomic E-state index is -3.84. The second-order valence-electron chi connectivity index (χ2n) is 7.23. The van der Waals surface area contributed by atoms with Gasteiger partial charge < -0.3 is 5.32 Å². The molecule has 0 aliphatic carbocycles. The summed E-state index contributed by atoms with van der Waals surface area (Å²) in [5.74, 6) is -0.0320. The zero-order valence-electron chi connectivity index (χ0n) is 16.9. The SMILES string of the molecule is CC(C)/C(=C/C(=O)Nc1ccc(-c2ccccc2S(N)(=O)=O)cc1)c1ccccc1. The van der Waals surface area contributed by atoms with Gasteiger partial charge in [-0.05, 0) is 40.8 Å². The summed E-state index contributed by atoms with van der Waals surface area (Å²) < 4.78 is 23.7. The van der Waals surface area contributed by atoms with Crippen molar-refractivity contribution in [2.45, 2.75) is 18.7 Å². The normalized spacial score (nSPS) is 12.1. The van der Waals surface area contributed by atoms with E-state index in [2.05, 4.69) is 5.32 Å². The lowest BCUT2D eigenvalue weighted by Gasteiger charge is -2.12. The summed E-state index contributed by atoms with van der Waals surface area (Å²) in [6.07, 6.45) is 1.62. The summed E-state index contributed by atoms with van der Waals surface area (Å²) in [7, 11) is -3.84. The number of hydrogen-bond donors (Lipinski definition) is 2. The molecule has 3 N–H and O–H groups in total. The number of benzene rings is 3. The molecule has 0 atom stereocenters. The van der Waals surface area contributed by atoms with Crippen LogP contribution in [0, 0.1) is 5.92 Å². The number of nitrogens with two attached hydrogens (primary N) is 1. The van der Waals surface area contributed by atoms with E-state index in [1.54, 1.807) is 48.5 Å². The van der Waals surface area contributed by atoms with Crippen LogP contribution in [0.3, 0.4) is 0 Å². The van der Waals surface area contributed by atoms with Crippen molar-refractivity contribution in [3.8, 4) is 11.1 Å². The first-order valence-electron chi connectivity index (χ1n) is 9.56. The number of rotatable bonds is 6. The molecule has 0 saturated carbocycles. The highest BCUT2D eigenvalue weighted by Crippen LogP contribution is 2.28. The number of hydrogen-bond acceptors (Lipinski definition) is 3. The molecule has 0 fully saturated rings. The lowest BCUT2D eigenvalue weighted by Crippen LogP contribution is -2.13. The molecule has 6 heteroatoms. The average molecular weight is 421 g/mol. The number of amides is 1. The van der Waals surface area contributed by atoms with Gasteiger partial charge in [0.1, 0.15) is 0 Å². The zero-order chi connectivity index (χ0) is 21.7. The second kappa shape index (κ2) is 9.07. The Morgan fingerprint density at radius 2 is 1.50 bits per heavy atom. The first kappa shape index (κ1) is 21.5. The highest BCUT2D eigenvalue weighted by Gasteiger charge is 2.14. The third-order valence-corrected chi connectivity index (χ3v) is 5.64. The smallest absolute Gasteiger partial charge is 0.248 e. The summed E-state index contributed by atoms with van der Waals surface area (Å²) in [6, 6.07) is 23.3. The van der Waals surface area contributed by atoms with Crippen LogP contribution in [0.2, 0.25) is 0 Å². The van der Waals surface area contributed by atoms with Gasteiger partial charge in [-0.3, -0.25) is 4.79 Å². The predicted octanol–water partition coefficient (Wildman–Crippen LogP) is 4.68. The van der Waals surface area contributed by atoms with Crippen molar-refractivity contribution in [3.05, 3.63) is 90.5 Å². The van der Waals surface area contributed by atoms with E-state index in [-0.39, 0.29) is 16.7 Å². The molecule has 1 amide bonds. The summed E-state index contributed by atoms with van der Waals surface area (Å²) in [5, 5.41) is 8.18. The molecule has 3 aromatic rings. The summed E-state index contributed by atoms with van der Waals surface area (Å²) in [4.78, 5) is 12.6. The van der Waals surface area contributed by atoms with Gasteiger partial charge in [0.05, 0.1) is 4.90 Å². The van der Waals surface area contributed by atoms with Crippen molar-refractivity contribution >= 4 is 27.2 Å². The van der Waals surface area contributed by atoms with Crippen LogP contribution in [0.15, 0.2) is 89.8 Å². The number of carbonyl (C=O) groups is 1. The third kappa shape index (κ3) is 5.23. The molecule has 0 saturated heterocycles. The van der Waals surface area contributed by atoms with Crippen LogP contribution in [0.1, 0.15) is 19.4 Å². The van der Waals surface area contributed by atoms with Gasteiger partial charge in [-0.2, -0.15) is 0 Å². The fourth-order valence-electron chi connectivity index (χ4n) is 3.22.